The topological polar surface area (TPSA) is 29.3 Å². The highest BCUT2D eigenvalue weighted by atomic mass is 35.5. The molecule has 0 aliphatic rings. The normalized spacial score (nSPS) is 10.4. The van der Waals surface area contributed by atoms with Gasteiger partial charge in [0.05, 0.1) is 10.7 Å². The van der Waals surface area contributed by atoms with E-state index < -0.39 is 0 Å². The van der Waals surface area contributed by atoms with Crippen molar-refractivity contribution >= 4 is 29.1 Å². The van der Waals surface area contributed by atoms with Crippen LogP contribution in [0.15, 0.2) is 18.2 Å². The number of nitrogens with zero attached hydrogens (tertiary/aromatic N) is 1. The molecular weight excluding hydrogens is 228 g/mol. The molecule has 0 bridgehead atoms. The fraction of sp³-hybridized carbons (Fsp3) is 0.455. The Morgan fingerprint density at radius 3 is 2.80 bits per heavy atom. The lowest BCUT2D eigenvalue weighted by atomic mass is 10.1. The van der Waals surface area contributed by atoms with Crippen molar-refractivity contribution in [1.82, 2.24) is 0 Å². The van der Waals surface area contributed by atoms with E-state index in [2.05, 4.69) is 18.2 Å². The van der Waals surface area contributed by atoms with Crippen LogP contribution in [0.25, 0.3) is 0 Å². The number of anilines is 1. The molecule has 0 saturated heterocycles. The molecule has 0 aliphatic heterocycles. The molecule has 0 aromatic heterocycles. The zero-order valence-corrected chi connectivity index (χ0v) is 10.7. The second kappa shape index (κ2) is 6.26. The van der Waals surface area contributed by atoms with E-state index in [-0.39, 0.29) is 0 Å². The number of nitrogens with two attached hydrogens (primary N) is 1. The van der Waals surface area contributed by atoms with Gasteiger partial charge in [0, 0.05) is 25.9 Å². The smallest absolute Gasteiger partial charge is 0.0642 e. The van der Waals surface area contributed by atoms with Gasteiger partial charge < -0.3 is 10.6 Å². The lowest BCUT2D eigenvalue weighted by molar-refractivity contribution is 0.949. The molecule has 0 unspecified atom stereocenters. The molecule has 0 fully saturated rings. The molecular formula is C11H17ClN2S. The van der Waals surface area contributed by atoms with Gasteiger partial charge in [0.15, 0.2) is 0 Å². The average molecular weight is 245 g/mol. The van der Waals surface area contributed by atoms with Crippen LogP contribution in [0, 0.1) is 0 Å². The summed E-state index contributed by atoms with van der Waals surface area (Å²) in [6.45, 7) is 1.51. The molecule has 0 atom stereocenters. The molecule has 0 radical (unpaired) electrons. The van der Waals surface area contributed by atoms with Gasteiger partial charge in [-0.1, -0.05) is 23.7 Å². The molecule has 0 saturated carbocycles. The zero-order chi connectivity index (χ0) is 11.3. The summed E-state index contributed by atoms with van der Waals surface area (Å²) in [7, 11) is 2.05. The van der Waals surface area contributed by atoms with Gasteiger partial charge in [-0.3, -0.25) is 0 Å². The molecule has 15 heavy (non-hydrogen) atoms. The van der Waals surface area contributed by atoms with Crippen molar-refractivity contribution in [1.29, 1.82) is 0 Å². The minimum absolute atomic E-state index is 0.527. The predicted molar refractivity (Wildman–Crippen MR) is 71.0 cm³/mol. The lowest BCUT2D eigenvalue weighted by Gasteiger charge is -2.23. The minimum atomic E-state index is 0.527. The molecule has 1 rings (SSSR count). The third-order valence-electron chi connectivity index (χ3n) is 2.30. The van der Waals surface area contributed by atoms with E-state index in [0.717, 1.165) is 28.6 Å². The highest BCUT2D eigenvalue weighted by Gasteiger charge is 2.09. The first-order chi connectivity index (χ1) is 7.20. The van der Waals surface area contributed by atoms with Crippen molar-refractivity contribution in [2.24, 2.45) is 5.73 Å². The molecule has 1 aromatic carbocycles. The Morgan fingerprint density at radius 2 is 2.20 bits per heavy atom. The van der Waals surface area contributed by atoms with Gasteiger partial charge in [-0.15, -0.1) is 0 Å². The van der Waals surface area contributed by atoms with Gasteiger partial charge in [-0.25, -0.2) is 0 Å². The largest absolute Gasteiger partial charge is 0.372 e. The van der Waals surface area contributed by atoms with Crippen molar-refractivity contribution in [2.75, 3.05) is 30.5 Å². The summed E-state index contributed by atoms with van der Waals surface area (Å²) in [5.41, 5.74) is 7.86. The Hall–Kier alpha value is -0.380. The first-order valence-electron chi connectivity index (χ1n) is 4.88. The van der Waals surface area contributed by atoms with E-state index in [9.17, 15) is 0 Å². The summed E-state index contributed by atoms with van der Waals surface area (Å²) in [5, 5.41) is 0.779. The summed E-state index contributed by atoms with van der Waals surface area (Å²) in [6, 6.07) is 5.87. The fourth-order valence-electron chi connectivity index (χ4n) is 1.49. The Kier molecular flexibility index (Phi) is 5.29. The summed E-state index contributed by atoms with van der Waals surface area (Å²) in [5.74, 6) is 1.09. The number of benzene rings is 1. The first kappa shape index (κ1) is 12.7. The number of hydrogen-bond donors (Lipinski definition) is 1. The standard InChI is InChI=1S/C11H17ClN2S/c1-14(6-7-15-2)11-9(8-13)4-3-5-10(11)12/h3-5H,6-8,13H2,1-2H3. The van der Waals surface area contributed by atoms with E-state index >= 15 is 0 Å². The van der Waals surface area contributed by atoms with Crippen LogP contribution in [-0.2, 0) is 6.54 Å². The molecule has 1 aromatic rings. The number of halogens is 1. The molecule has 0 heterocycles. The van der Waals surface area contributed by atoms with Gasteiger partial charge in [0.25, 0.3) is 0 Å². The van der Waals surface area contributed by atoms with Gasteiger partial charge in [-0.05, 0) is 17.9 Å². The fourth-order valence-corrected chi connectivity index (χ4v) is 2.29. The van der Waals surface area contributed by atoms with Crippen LogP contribution in [0.2, 0.25) is 5.02 Å². The number of para-hydroxylation sites is 1. The summed E-state index contributed by atoms with van der Waals surface area (Å²) in [6.07, 6.45) is 2.10. The second-order valence-corrected chi connectivity index (χ2v) is 4.76. The number of rotatable bonds is 5. The summed E-state index contributed by atoms with van der Waals surface area (Å²) in [4.78, 5) is 2.17. The molecule has 0 amide bonds. The van der Waals surface area contributed by atoms with Crippen LogP contribution in [0.4, 0.5) is 5.69 Å². The van der Waals surface area contributed by atoms with Crippen LogP contribution in [-0.4, -0.2) is 25.6 Å². The SMILES string of the molecule is CSCCN(C)c1c(Cl)cccc1CN. The van der Waals surface area contributed by atoms with Gasteiger partial charge in [-0.2, -0.15) is 11.8 Å². The van der Waals surface area contributed by atoms with Gasteiger partial charge >= 0.3 is 0 Å². The minimum Gasteiger partial charge on any atom is -0.372 e. The first-order valence-corrected chi connectivity index (χ1v) is 6.65. The molecule has 0 aliphatic carbocycles. The maximum absolute atomic E-state index is 6.18. The molecule has 84 valence electrons. The van der Waals surface area contributed by atoms with Crippen molar-refractivity contribution in [3.63, 3.8) is 0 Å². The molecule has 0 spiro atoms. The highest BCUT2D eigenvalue weighted by molar-refractivity contribution is 7.98. The quantitative estimate of drug-likeness (QED) is 0.864. The van der Waals surface area contributed by atoms with Crippen LogP contribution in [0.3, 0.4) is 0 Å². The molecule has 2 nitrogen and oxygen atoms in total. The third-order valence-corrected chi connectivity index (χ3v) is 3.20. The van der Waals surface area contributed by atoms with Crippen molar-refractivity contribution in [3.05, 3.63) is 28.8 Å². The van der Waals surface area contributed by atoms with Crippen molar-refractivity contribution in [2.45, 2.75) is 6.54 Å². The molecule has 2 N–H and O–H groups in total. The van der Waals surface area contributed by atoms with E-state index in [1.54, 1.807) is 0 Å². The van der Waals surface area contributed by atoms with Crippen LogP contribution >= 0.6 is 23.4 Å². The van der Waals surface area contributed by atoms with Gasteiger partial charge in [0.1, 0.15) is 0 Å². The Labute approximate surface area is 101 Å². The number of thioether (sulfide) groups is 1. The highest BCUT2D eigenvalue weighted by Crippen LogP contribution is 2.28. The maximum atomic E-state index is 6.18. The monoisotopic (exact) mass is 244 g/mol. The maximum Gasteiger partial charge on any atom is 0.0642 e. The predicted octanol–water partition coefficient (Wildman–Crippen LogP) is 2.60. The molecule has 4 heteroatoms. The zero-order valence-electron chi connectivity index (χ0n) is 9.16. The Morgan fingerprint density at radius 1 is 1.47 bits per heavy atom. The van der Waals surface area contributed by atoms with Crippen LogP contribution < -0.4 is 10.6 Å². The van der Waals surface area contributed by atoms with Crippen LogP contribution in [0.1, 0.15) is 5.56 Å². The Bertz CT molecular complexity index is 317. The van der Waals surface area contributed by atoms with E-state index in [4.69, 9.17) is 17.3 Å². The van der Waals surface area contributed by atoms with E-state index in [1.165, 1.54) is 0 Å². The summed E-state index contributed by atoms with van der Waals surface area (Å²) >= 11 is 8.01. The average Bonchev–Trinajstić information content (AvgIpc) is 2.25. The van der Waals surface area contributed by atoms with Crippen LogP contribution in [0.5, 0.6) is 0 Å². The van der Waals surface area contributed by atoms with E-state index in [1.807, 2.05) is 30.0 Å². The lowest BCUT2D eigenvalue weighted by Crippen LogP contribution is -2.22. The second-order valence-electron chi connectivity index (χ2n) is 3.37. The van der Waals surface area contributed by atoms with Crippen molar-refractivity contribution < 1.29 is 0 Å². The number of hydrogen-bond acceptors (Lipinski definition) is 3. The third kappa shape index (κ3) is 3.30. The van der Waals surface area contributed by atoms with Gasteiger partial charge in [0.2, 0.25) is 0 Å². The summed E-state index contributed by atoms with van der Waals surface area (Å²) < 4.78 is 0. The Balaban J connectivity index is 2.90. The van der Waals surface area contributed by atoms with E-state index in [0.29, 0.717) is 6.54 Å². The van der Waals surface area contributed by atoms with Crippen molar-refractivity contribution in [3.8, 4) is 0 Å².